The Kier molecular flexibility index (Phi) is 3.49. The molecule has 0 aliphatic rings. The van der Waals surface area contributed by atoms with E-state index in [0.717, 1.165) is 0 Å². The molecule has 0 rings (SSSR count). The van der Waals surface area contributed by atoms with Crippen LogP contribution in [0.25, 0.3) is 0 Å². The smallest absolute Gasteiger partial charge is 0.339 e. The first kappa shape index (κ1) is 11.7. The fraction of sp³-hybridized carbons (Fsp3) is 1.00. The number of rotatable bonds is 4. The quantitative estimate of drug-likeness (QED) is 0.559. The summed E-state index contributed by atoms with van der Waals surface area (Å²) in [5.41, 5.74) is 0. The van der Waals surface area contributed by atoms with Crippen LogP contribution in [0.4, 0.5) is 13.2 Å². The van der Waals surface area contributed by atoms with E-state index in [1.807, 2.05) is 0 Å². The van der Waals surface area contributed by atoms with Crippen LogP contribution in [0.15, 0.2) is 0 Å². The van der Waals surface area contributed by atoms with E-state index in [2.05, 4.69) is 0 Å². The number of aliphatic hydroxyl groups is 3. The van der Waals surface area contributed by atoms with Gasteiger partial charge in [0, 0.05) is 0 Å². The lowest BCUT2D eigenvalue weighted by Gasteiger charge is -2.27. The highest BCUT2D eigenvalue weighted by atomic mass is 19.3. The summed E-state index contributed by atoms with van der Waals surface area (Å²) >= 11 is 0. The molecule has 0 fully saturated rings. The van der Waals surface area contributed by atoms with Crippen molar-refractivity contribution in [3.63, 3.8) is 0 Å². The van der Waals surface area contributed by atoms with Crippen LogP contribution >= 0.6 is 0 Å². The highest BCUT2D eigenvalue weighted by Gasteiger charge is 2.57. The fourth-order valence-electron chi connectivity index (χ4n) is 0.645. The molecule has 1 unspecified atom stereocenters. The van der Waals surface area contributed by atoms with E-state index in [1.165, 1.54) is 6.92 Å². The highest BCUT2D eigenvalue weighted by Crippen LogP contribution is 2.32. The van der Waals surface area contributed by atoms with Crippen molar-refractivity contribution in [1.29, 1.82) is 0 Å². The third-order valence-corrected chi connectivity index (χ3v) is 1.38. The highest BCUT2D eigenvalue weighted by molar-refractivity contribution is 4.82. The lowest BCUT2D eigenvalue weighted by Crippen LogP contribution is -2.53. The molecule has 0 saturated carbocycles. The lowest BCUT2D eigenvalue weighted by atomic mass is 10.1. The molecule has 74 valence electrons. The molecule has 0 aromatic rings. The van der Waals surface area contributed by atoms with E-state index in [9.17, 15) is 13.2 Å². The minimum absolute atomic E-state index is 0.118. The third-order valence-electron chi connectivity index (χ3n) is 1.38. The van der Waals surface area contributed by atoms with Crippen molar-refractivity contribution in [1.82, 2.24) is 0 Å². The molecule has 0 aromatic carbocycles. The second-order valence-corrected chi connectivity index (χ2v) is 2.51. The Hall–Kier alpha value is -0.330. The molecule has 0 saturated heterocycles. The van der Waals surface area contributed by atoms with Gasteiger partial charge < -0.3 is 15.3 Å². The summed E-state index contributed by atoms with van der Waals surface area (Å²) in [6.07, 6.45) is -3.19. The van der Waals surface area contributed by atoms with Crippen LogP contribution in [0.2, 0.25) is 0 Å². The monoisotopic (exact) mass is 188 g/mol. The van der Waals surface area contributed by atoms with Gasteiger partial charge in [-0.15, -0.1) is 0 Å². The van der Waals surface area contributed by atoms with Crippen molar-refractivity contribution in [3.05, 3.63) is 0 Å². The van der Waals surface area contributed by atoms with Crippen LogP contribution in [0.1, 0.15) is 19.8 Å². The van der Waals surface area contributed by atoms with Gasteiger partial charge in [-0.2, -0.15) is 8.78 Å². The summed E-state index contributed by atoms with van der Waals surface area (Å²) in [7, 11) is 0. The maximum absolute atomic E-state index is 12.4. The van der Waals surface area contributed by atoms with Gasteiger partial charge in [0.15, 0.2) is 6.17 Å². The zero-order valence-corrected chi connectivity index (χ0v) is 6.47. The van der Waals surface area contributed by atoms with E-state index in [1.54, 1.807) is 0 Å². The van der Waals surface area contributed by atoms with E-state index < -0.39 is 24.5 Å². The molecule has 0 spiro atoms. The first-order valence-corrected chi connectivity index (χ1v) is 3.42. The molecular formula is C6H11F3O3. The zero-order valence-electron chi connectivity index (χ0n) is 6.47. The molecule has 0 aliphatic carbocycles. The van der Waals surface area contributed by atoms with Crippen molar-refractivity contribution < 1.29 is 28.5 Å². The SMILES string of the molecule is CCCC(F)C(F)(F)C(O)(O)O. The molecule has 6 heteroatoms. The summed E-state index contributed by atoms with van der Waals surface area (Å²) in [5, 5.41) is 24.2. The number of hydrogen-bond donors (Lipinski definition) is 3. The van der Waals surface area contributed by atoms with Crippen molar-refractivity contribution in [2.75, 3.05) is 0 Å². The van der Waals surface area contributed by atoms with Crippen LogP contribution in [0.3, 0.4) is 0 Å². The van der Waals surface area contributed by atoms with Crippen LogP contribution < -0.4 is 0 Å². The number of halogens is 3. The maximum Gasteiger partial charge on any atom is 0.357 e. The van der Waals surface area contributed by atoms with Crippen LogP contribution in [0, 0.1) is 0 Å². The van der Waals surface area contributed by atoms with E-state index in [4.69, 9.17) is 15.3 Å². The summed E-state index contributed by atoms with van der Waals surface area (Å²) in [5.74, 6) is -8.84. The molecule has 0 amide bonds. The average molecular weight is 188 g/mol. The second kappa shape index (κ2) is 3.59. The molecule has 3 nitrogen and oxygen atoms in total. The van der Waals surface area contributed by atoms with Crippen molar-refractivity contribution in [3.8, 4) is 0 Å². The van der Waals surface area contributed by atoms with E-state index >= 15 is 0 Å². The molecule has 3 N–H and O–H groups in total. The molecule has 1 atom stereocenters. The molecule has 12 heavy (non-hydrogen) atoms. The Balaban J connectivity index is 4.38. The summed E-state index contributed by atoms with van der Waals surface area (Å²) in [6.45, 7) is 1.45. The molecule has 0 heterocycles. The Morgan fingerprint density at radius 2 is 1.67 bits per heavy atom. The predicted molar refractivity (Wildman–Crippen MR) is 34.1 cm³/mol. The molecule has 0 bridgehead atoms. The van der Waals surface area contributed by atoms with Gasteiger partial charge in [0.2, 0.25) is 0 Å². The minimum Gasteiger partial charge on any atom is -0.339 e. The normalized spacial score (nSPS) is 16.2. The van der Waals surface area contributed by atoms with Gasteiger partial charge in [-0.1, -0.05) is 13.3 Å². The topological polar surface area (TPSA) is 60.7 Å². The Bertz CT molecular complexity index is 143. The lowest BCUT2D eigenvalue weighted by molar-refractivity contribution is -0.417. The molecule has 0 aromatic heterocycles. The van der Waals surface area contributed by atoms with Crippen LogP contribution in [0.5, 0.6) is 0 Å². The summed E-state index contributed by atoms with van der Waals surface area (Å²) < 4.78 is 37.2. The molecular weight excluding hydrogens is 177 g/mol. The Morgan fingerprint density at radius 1 is 1.25 bits per heavy atom. The van der Waals surface area contributed by atoms with Crippen molar-refractivity contribution in [2.24, 2.45) is 0 Å². The van der Waals surface area contributed by atoms with Gasteiger partial charge in [-0.25, -0.2) is 4.39 Å². The average Bonchev–Trinajstić information content (AvgIpc) is 1.85. The third kappa shape index (κ3) is 2.33. The van der Waals surface area contributed by atoms with Crippen LogP contribution in [-0.4, -0.2) is 33.4 Å². The zero-order chi connectivity index (χ0) is 9.99. The van der Waals surface area contributed by atoms with E-state index in [0.29, 0.717) is 0 Å². The Morgan fingerprint density at radius 3 is 1.92 bits per heavy atom. The first-order chi connectivity index (χ1) is 5.23. The molecule has 0 aliphatic heterocycles. The van der Waals surface area contributed by atoms with Gasteiger partial charge in [0.25, 0.3) is 0 Å². The van der Waals surface area contributed by atoms with Crippen LogP contribution in [-0.2, 0) is 0 Å². The fourth-order valence-corrected chi connectivity index (χ4v) is 0.645. The second-order valence-electron chi connectivity index (χ2n) is 2.51. The molecule has 0 radical (unpaired) electrons. The van der Waals surface area contributed by atoms with Gasteiger partial charge in [0.05, 0.1) is 0 Å². The van der Waals surface area contributed by atoms with Gasteiger partial charge in [-0.05, 0) is 6.42 Å². The summed E-state index contributed by atoms with van der Waals surface area (Å²) in [4.78, 5) is 0. The maximum atomic E-state index is 12.4. The van der Waals surface area contributed by atoms with Crippen molar-refractivity contribution in [2.45, 2.75) is 37.8 Å². The van der Waals surface area contributed by atoms with E-state index in [-0.39, 0.29) is 6.42 Å². The minimum atomic E-state index is -4.55. The van der Waals surface area contributed by atoms with Crippen molar-refractivity contribution >= 4 is 0 Å². The predicted octanol–water partition coefficient (Wildman–Crippen LogP) is 0.391. The number of alkyl halides is 3. The van der Waals surface area contributed by atoms with Gasteiger partial charge in [0.1, 0.15) is 0 Å². The van der Waals surface area contributed by atoms with Gasteiger partial charge in [-0.3, -0.25) is 0 Å². The standard InChI is InChI=1S/C6H11F3O3/c1-2-3-4(7)5(8,9)6(10,11)12/h4,10-12H,2-3H2,1H3. The number of hydrogen-bond acceptors (Lipinski definition) is 3. The summed E-state index contributed by atoms with van der Waals surface area (Å²) in [6, 6.07) is 0. The van der Waals surface area contributed by atoms with Gasteiger partial charge >= 0.3 is 11.9 Å². The Labute approximate surface area is 67.4 Å². The largest absolute Gasteiger partial charge is 0.357 e. The first-order valence-electron chi connectivity index (χ1n) is 3.42.